The summed E-state index contributed by atoms with van der Waals surface area (Å²) in [5.74, 6) is 1.19. The Labute approximate surface area is 110 Å². The zero-order valence-corrected chi connectivity index (χ0v) is 11.7. The largest absolute Gasteiger partial charge is 0.494 e. The Morgan fingerprint density at radius 2 is 2.00 bits per heavy atom. The van der Waals surface area contributed by atoms with Gasteiger partial charge in [0.25, 0.3) is 0 Å². The number of hydrogen-bond donors (Lipinski definition) is 0. The van der Waals surface area contributed by atoms with E-state index in [9.17, 15) is 4.79 Å². The molecule has 0 amide bonds. The fraction of sp³-hybridized carbons (Fsp3) is 0.438. The maximum atomic E-state index is 10.8. The fourth-order valence-electron chi connectivity index (χ4n) is 1.80. The third kappa shape index (κ3) is 4.36. The van der Waals surface area contributed by atoms with Crippen molar-refractivity contribution in [1.82, 2.24) is 0 Å². The number of Topliss-reactive ketones (excluding diaryl/α,β-unsaturated/α-hetero) is 1. The molecule has 0 spiro atoms. The number of aryl methyl sites for hydroxylation is 2. The van der Waals surface area contributed by atoms with Gasteiger partial charge in [-0.1, -0.05) is 12.2 Å². The van der Waals surface area contributed by atoms with Crippen LogP contribution in [0, 0.1) is 13.8 Å². The smallest absolute Gasteiger partial charge is 0.130 e. The molecule has 0 bridgehead atoms. The van der Waals surface area contributed by atoms with Gasteiger partial charge in [0.2, 0.25) is 0 Å². The number of benzene rings is 1. The molecule has 1 rings (SSSR count). The quantitative estimate of drug-likeness (QED) is 0.756. The molecule has 1 aromatic carbocycles. The maximum Gasteiger partial charge on any atom is 0.130 e. The van der Waals surface area contributed by atoms with Crippen LogP contribution in [0.3, 0.4) is 0 Å². The summed E-state index contributed by atoms with van der Waals surface area (Å²) in [5, 5.41) is 0. The number of hydrogen-bond acceptors (Lipinski definition) is 2. The molecule has 0 atom stereocenters. The molecule has 0 heterocycles. The second kappa shape index (κ2) is 7.00. The van der Waals surface area contributed by atoms with Crippen molar-refractivity contribution in [2.24, 2.45) is 0 Å². The summed E-state index contributed by atoms with van der Waals surface area (Å²) < 4.78 is 5.56. The molecule has 18 heavy (non-hydrogen) atoms. The number of carbonyl (C=O) groups excluding carboxylic acids is 1. The first-order valence-electron chi connectivity index (χ1n) is 6.44. The molecule has 0 N–H and O–H groups in total. The highest BCUT2D eigenvalue weighted by Crippen LogP contribution is 2.23. The number of allylic oxidation sites excluding steroid dienone is 1. The zero-order valence-electron chi connectivity index (χ0n) is 11.7. The summed E-state index contributed by atoms with van der Waals surface area (Å²) in [4.78, 5) is 10.8. The number of carbonyl (C=O) groups is 1. The van der Waals surface area contributed by atoms with E-state index in [1.165, 1.54) is 11.1 Å². The molecule has 1 aromatic rings. The number of ether oxygens (including phenoxy) is 1. The summed E-state index contributed by atoms with van der Waals surface area (Å²) >= 11 is 0. The molecule has 0 saturated heterocycles. The molecule has 98 valence electrons. The lowest BCUT2D eigenvalue weighted by Gasteiger charge is -2.10. The summed E-state index contributed by atoms with van der Waals surface area (Å²) in [6.45, 7) is 8.43. The molecular formula is C16H22O2. The lowest BCUT2D eigenvalue weighted by molar-refractivity contribution is -0.116. The zero-order chi connectivity index (χ0) is 13.5. The summed E-state index contributed by atoms with van der Waals surface area (Å²) in [6.07, 6.45) is 5.57. The van der Waals surface area contributed by atoms with Crippen LogP contribution in [-0.4, -0.2) is 12.4 Å². The first-order chi connectivity index (χ1) is 8.54. The molecule has 0 aromatic heterocycles. The summed E-state index contributed by atoms with van der Waals surface area (Å²) in [5.41, 5.74) is 3.54. The molecular weight excluding hydrogens is 224 g/mol. The minimum Gasteiger partial charge on any atom is -0.494 e. The second-order valence-electron chi connectivity index (χ2n) is 4.55. The van der Waals surface area contributed by atoms with Gasteiger partial charge in [0.05, 0.1) is 6.61 Å². The molecule has 0 saturated carbocycles. The first-order valence-corrected chi connectivity index (χ1v) is 6.44. The molecule has 0 unspecified atom stereocenters. The van der Waals surface area contributed by atoms with Crippen LogP contribution >= 0.6 is 0 Å². The highest BCUT2D eigenvalue weighted by Gasteiger charge is 2.03. The van der Waals surface area contributed by atoms with Crippen LogP contribution < -0.4 is 4.74 Å². The van der Waals surface area contributed by atoms with Crippen molar-refractivity contribution >= 4 is 11.9 Å². The molecule has 0 aliphatic carbocycles. The molecule has 2 heteroatoms. The maximum absolute atomic E-state index is 10.8. The van der Waals surface area contributed by atoms with Crippen molar-refractivity contribution in [1.29, 1.82) is 0 Å². The SMILES string of the molecule is CCOc1cc(C)c(/C=C/CCC(C)=O)cc1C. The van der Waals surface area contributed by atoms with Crippen LogP contribution in [0.15, 0.2) is 18.2 Å². The minimum atomic E-state index is 0.235. The highest BCUT2D eigenvalue weighted by molar-refractivity contribution is 5.75. The van der Waals surface area contributed by atoms with E-state index in [0.717, 1.165) is 17.7 Å². The Bertz CT molecular complexity index is 445. The van der Waals surface area contributed by atoms with E-state index in [2.05, 4.69) is 38.1 Å². The van der Waals surface area contributed by atoms with Crippen molar-refractivity contribution in [3.63, 3.8) is 0 Å². The van der Waals surface area contributed by atoms with Crippen molar-refractivity contribution in [3.8, 4) is 5.75 Å². The second-order valence-corrected chi connectivity index (χ2v) is 4.55. The average molecular weight is 246 g/mol. The lowest BCUT2D eigenvalue weighted by Crippen LogP contribution is -1.95. The van der Waals surface area contributed by atoms with Crippen molar-refractivity contribution in [2.75, 3.05) is 6.61 Å². The van der Waals surface area contributed by atoms with Gasteiger partial charge in [0, 0.05) is 6.42 Å². The van der Waals surface area contributed by atoms with Gasteiger partial charge in [-0.3, -0.25) is 0 Å². The predicted octanol–water partition coefficient (Wildman–Crippen LogP) is 4.08. The van der Waals surface area contributed by atoms with E-state index in [-0.39, 0.29) is 5.78 Å². The minimum absolute atomic E-state index is 0.235. The van der Waals surface area contributed by atoms with Gasteiger partial charge in [-0.25, -0.2) is 0 Å². The Hall–Kier alpha value is -1.57. The molecule has 2 nitrogen and oxygen atoms in total. The Morgan fingerprint density at radius 3 is 2.61 bits per heavy atom. The van der Waals surface area contributed by atoms with Crippen molar-refractivity contribution in [3.05, 3.63) is 34.9 Å². The highest BCUT2D eigenvalue weighted by atomic mass is 16.5. The molecule has 0 fully saturated rings. The van der Waals surface area contributed by atoms with Gasteiger partial charge < -0.3 is 9.53 Å². The van der Waals surface area contributed by atoms with Crippen LogP contribution in [0.4, 0.5) is 0 Å². The van der Waals surface area contributed by atoms with Gasteiger partial charge in [0.15, 0.2) is 0 Å². The monoisotopic (exact) mass is 246 g/mol. The van der Waals surface area contributed by atoms with Gasteiger partial charge >= 0.3 is 0 Å². The number of ketones is 1. The predicted molar refractivity (Wildman–Crippen MR) is 76.0 cm³/mol. The lowest BCUT2D eigenvalue weighted by atomic mass is 10.0. The van der Waals surface area contributed by atoms with Crippen LogP contribution in [0.1, 0.15) is 43.4 Å². The standard InChI is InChI=1S/C16H22O2/c1-5-18-16-11-12(2)15(10-13(16)3)9-7-6-8-14(4)17/h7,9-11H,5-6,8H2,1-4H3/b9-7+. The molecule has 0 aliphatic heterocycles. The fourth-order valence-corrected chi connectivity index (χ4v) is 1.80. The summed E-state index contributed by atoms with van der Waals surface area (Å²) in [6, 6.07) is 4.20. The van der Waals surface area contributed by atoms with E-state index in [0.29, 0.717) is 13.0 Å². The first kappa shape index (κ1) is 14.5. The Balaban J connectivity index is 2.78. The van der Waals surface area contributed by atoms with E-state index in [4.69, 9.17) is 4.74 Å². The Morgan fingerprint density at radius 1 is 1.28 bits per heavy atom. The number of rotatable bonds is 6. The topological polar surface area (TPSA) is 26.3 Å². The van der Waals surface area contributed by atoms with Crippen molar-refractivity contribution < 1.29 is 9.53 Å². The third-order valence-corrected chi connectivity index (χ3v) is 2.82. The molecule has 0 radical (unpaired) electrons. The van der Waals surface area contributed by atoms with Crippen LogP contribution in [0.25, 0.3) is 6.08 Å². The van der Waals surface area contributed by atoms with Crippen molar-refractivity contribution in [2.45, 2.75) is 40.5 Å². The summed E-state index contributed by atoms with van der Waals surface area (Å²) in [7, 11) is 0. The van der Waals surface area contributed by atoms with Crippen LogP contribution in [0.2, 0.25) is 0 Å². The van der Waals surface area contributed by atoms with E-state index >= 15 is 0 Å². The van der Waals surface area contributed by atoms with Crippen LogP contribution in [-0.2, 0) is 4.79 Å². The van der Waals surface area contributed by atoms with Gasteiger partial charge in [-0.2, -0.15) is 0 Å². The van der Waals surface area contributed by atoms with Gasteiger partial charge in [0.1, 0.15) is 11.5 Å². The van der Waals surface area contributed by atoms with Gasteiger partial charge in [-0.15, -0.1) is 0 Å². The molecule has 0 aliphatic rings. The van der Waals surface area contributed by atoms with Gasteiger partial charge in [-0.05, 0) is 62.9 Å². The van der Waals surface area contributed by atoms with Crippen LogP contribution in [0.5, 0.6) is 5.75 Å². The Kier molecular flexibility index (Phi) is 5.63. The van der Waals surface area contributed by atoms with E-state index in [1.54, 1.807) is 6.92 Å². The van der Waals surface area contributed by atoms with E-state index in [1.807, 2.05) is 6.92 Å². The average Bonchev–Trinajstić information content (AvgIpc) is 2.30. The third-order valence-electron chi connectivity index (χ3n) is 2.82. The normalized spacial score (nSPS) is 10.9. The van der Waals surface area contributed by atoms with E-state index < -0.39 is 0 Å².